The number of carbonyl (C=O) groups is 1. The minimum atomic E-state index is -0.455. The van der Waals surface area contributed by atoms with E-state index in [1.165, 1.54) is 4.57 Å². The largest absolute Gasteiger partial charge is 0.419 e. The average molecular weight is 423 g/mol. The van der Waals surface area contributed by atoms with Crippen molar-refractivity contribution >= 4 is 28.2 Å². The molecule has 0 radical (unpaired) electrons. The third-order valence-corrected chi connectivity index (χ3v) is 5.74. The van der Waals surface area contributed by atoms with Crippen LogP contribution in [0, 0.1) is 6.92 Å². The number of H-pyrrole nitrogens is 1. The van der Waals surface area contributed by atoms with E-state index in [9.17, 15) is 14.4 Å². The number of aromatic nitrogens is 6. The number of rotatable bonds is 4. The molecule has 1 N–H and O–H groups in total. The van der Waals surface area contributed by atoms with Gasteiger partial charge in [0.25, 0.3) is 5.56 Å². The molecule has 160 valence electrons. The van der Waals surface area contributed by atoms with E-state index in [-0.39, 0.29) is 36.0 Å². The number of likely N-dealkylation sites (tertiary alicyclic amines) is 1. The summed E-state index contributed by atoms with van der Waals surface area (Å²) >= 11 is 0. The van der Waals surface area contributed by atoms with Gasteiger partial charge in [-0.1, -0.05) is 17.3 Å². The van der Waals surface area contributed by atoms with Crippen molar-refractivity contribution in [1.29, 1.82) is 0 Å². The summed E-state index contributed by atoms with van der Waals surface area (Å²) in [7, 11) is 0. The fourth-order valence-electron chi connectivity index (χ4n) is 4.15. The second-order valence-electron chi connectivity index (χ2n) is 7.71. The van der Waals surface area contributed by atoms with E-state index in [1.807, 2.05) is 6.07 Å². The van der Waals surface area contributed by atoms with E-state index in [0.717, 1.165) is 0 Å². The fraction of sp³-hybridized carbons (Fsp3) is 0.400. The number of carbonyl (C=O) groups excluding carboxylic acids is 1. The second kappa shape index (κ2) is 7.49. The van der Waals surface area contributed by atoms with Crippen LogP contribution in [0.25, 0.3) is 22.3 Å². The van der Waals surface area contributed by atoms with E-state index in [2.05, 4.69) is 20.3 Å². The Bertz CT molecular complexity index is 1390. The molecule has 1 aliphatic heterocycles. The highest BCUT2D eigenvalue weighted by Crippen LogP contribution is 2.24. The van der Waals surface area contributed by atoms with Crippen LogP contribution in [0.5, 0.6) is 0 Å². The van der Waals surface area contributed by atoms with Gasteiger partial charge in [-0.2, -0.15) is 0 Å². The lowest BCUT2D eigenvalue weighted by Gasteiger charge is -2.32. The molecule has 0 aliphatic carbocycles. The topological polar surface area (TPSA) is 132 Å². The van der Waals surface area contributed by atoms with Crippen molar-refractivity contribution in [2.45, 2.75) is 38.8 Å². The molecule has 0 atom stereocenters. The van der Waals surface area contributed by atoms with Crippen molar-refractivity contribution < 1.29 is 9.21 Å². The molecular formula is C20H21N7O4. The van der Waals surface area contributed by atoms with Gasteiger partial charge in [0.2, 0.25) is 5.91 Å². The number of oxazole rings is 1. The van der Waals surface area contributed by atoms with Crippen LogP contribution in [-0.4, -0.2) is 53.4 Å². The summed E-state index contributed by atoms with van der Waals surface area (Å²) < 4.78 is 8.40. The smallest absolute Gasteiger partial charge is 0.408 e. The van der Waals surface area contributed by atoms with Crippen LogP contribution in [0.15, 0.2) is 38.3 Å². The van der Waals surface area contributed by atoms with E-state index >= 15 is 0 Å². The Labute approximate surface area is 175 Å². The molecule has 1 fully saturated rings. The molecule has 0 unspecified atom stereocenters. The lowest BCUT2D eigenvalue weighted by molar-refractivity contribution is -0.132. The maximum atomic E-state index is 12.7. The Morgan fingerprint density at radius 1 is 1.23 bits per heavy atom. The highest BCUT2D eigenvalue weighted by Gasteiger charge is 2.26. The standard InChI is InChI=1S/C20H21N7O4/c1-12-21-18-17(19(29)22-12)23-24-27(18)13-6-9-25(10-7-13)16(28)8-11-26-14-4-2-3-5-15(14)31-20(26)30/h2-5,13H,6-11H2,1H3,(H,21,22,29). The molecule has 31 heavy (non-hydrogen) atoms. The normalized spacial score (nSPS) is 15.2. The Kier molecular flexibility index (Phi) is 4.64. The molecule has 1 aromatic carbocycles. The molecule has 5 rings (SSSR count). The Hall–Kier alpha value is -3.76. The maximum Gasteiger partial charge on any atom is 0.419 e. The van der Waals surface area contributed by atoms with E-state index in [0.29, 0.717) is 48.5 Å². The number of nitrogens with zero attached hydrogens (tertiary/aromatic N) is 6. The lowest BCUT2D eigenvalue weighted by atomic mass is 10.0. The van der Waals surface area contributed by atoms with Gasteiger partial charge in [0.15, 0.2) is 16.7 Å². The number of amides is 1. The minimum Gasteiger partial charge on any atom is -0.408 e. The molecule has 3 aromatic heterocycles. The molecule has 11 heteroatoms. The quantitative estimate of drug-likeness (QED) is 0.517. The summed E-state index contributed by atoms with van der Waals surface area (Å²) in [5.41, 5.74) is 1.60. The number of para-hydroxylation sites is 2. The number of fused-ring (bicyclic) bond motifs is 2. The molecule has 11 nitrogen and oxygen atoms in total. The lowest BCUT2D eigenvalue weighted by Crippen LogP contribution is -2.39. The number of nitrogens with one attached hydrogen (secondary N) is 1. The van der Waals surface area contributed by atoms with Crippen LogP contribution in [0.2, 0.25) is 0 Å². The zero-order chi connectivity index (χ0) is 21.5. The number of aryl methyl sites for hydroxylation is 2. The van der Waals surface area contributed by atoms with Gasteiger partial charge < -0.3 is 14.3 Å². The molecule has 0 bridgehead atoms. The first-order chi connectivity index (χ1) is 15.0. The first-order valence-electron chi connectivity index (χ1n) is 10.2. The Balaban J connectivity index is 1.24. The maximum absolute atomic E-state index is 12.7. The molecule has 4 heterocycles. The SMILES string of the molecule is Cc1nc2c(nnn2C2CCN(C(=O)CCn3c(=O)oc4ccccc43)CC2)c(=O)[nH]1. The van der Waals surface area contributed by atoms with Gasteiger partial charge in [0.05, 0.1) is 11.6 Å². The highest BCUT2D eigenvalue weighted by molar-refractivity contribution is 5.77. The molecule has 0 saturated carbocycles. The fourth-order valence-corrected chi connectivity index (χ4v) is 4.15. The van der Waals surface area contributed by atoms with Crippen molar-refractivity contribution in [2.24, 2.45) is 0 Å². The summed E-state index contributed by atoms with van der Waals surface area (Å²) in [6.45, 7) is 3.12. The summed E-state index contributed by atoms with van der Waals surface area (Å²) in [6.07, 6.45) is 1.59. The Morgan fingerprint density at radius 2 is 2.00 bits per heavy atom. The molecular weight excluding hydrogens is 402 g/mol. The van der Waals surface area contributed by atoms with Crippen LogP contribution in [0.1, 0.15) is 31.1 Å². The third kappa shape index (κ3) is 3.41. The summed E-state index contributed by atoms with van der Waals surface area (Å²) in [5.74, 6) is 0.0451. The number of piperidine rings is 1. The van der Waals surface area contributed by atoms with Crippen LogP contribution >= 0.6 is 0 Å². The summed E-state index contributed by atoms with van der Waals surface area (Å²) in [5, 5.41) is 8.10. The van der Waals surface area contributed by atoms with Crippen LogP contribution in [0.4, 0.5) is 0 Å². The molecule has 4 aromatic rings. The molecule has 1 amide bonds. The van der Waals surface area contributed by atoms with Gasteiger partial charge in [-0.3, -0.25) is 14.2 Å². The molecule has 1 aliphatic rings. The van der Waals surface area contributed by atoms with Crippen LogP contribution in [-0.2, 0) is 11.3 Å². The second-order valence-corrected chi connectivity index (χ2v) is 7.71. The van der Waals surface area contributed by atoms with Crippen molar-refractivity contribution in [3.05, 3.63) is 51.0 Å². The van der Waals surface area contributed by atoms with Gasteiger partial charge >= 0.3 is 5.76 Å². The highest BCUT2D eigenvalue weighted by atomic mass is 16.4. The predicted molar refractivity (Wildman–Crippen MR) is 111 cm³/mol. The predicted octanol–water partition coefficient (Wildman–Crippen LogP) is 0.985. The van der Waals surface area contributed by atoms with Crippen molar-refractivity contribution in [3.8, 4) is 0 Å². The number of benzene rings is 1. The van der Waals surface area contributed by atoms with Gasteiger partial charge in [-0.25, -0.2) is 14.5 Å². The van der Waals surface area contributed by atoms with E-state index in [4.69, 9.17) is 4.42 Å². The number of hydrogen-bond donors (Lipinski definition) is 1. The van der Waals surface area contributed by atoms with Crippen LogP contribution < -0.4 is 11.3 Å². The monoisotopic (exact) mass is 423 g/mol. The van der Waals surface area contributed by atoms with Gasteiger partial charge in [0.1, 0.15) is 5.82 Å². The number of aromatic amines is 1. The van der Waals surface area contributed by atoms with Gasteiger partial charge in [-0.15, -0.1) is 5.10 Å². The first kappa shape index (κ1) is 19.2. The average Bonchev–Trinajstić information content (AvgIpc) is 3.32. The van der Waals surface area contributed by atoms with Gasteiger partial charge in [0, 0.05) is 26.1 Å². The molecule has 1 saturated heterocycles. The van der Waals surface area contributed by atoms with Crippen molar-refractivity contribution in [1.82, 2.24) is 34.4 Å². The minimum absolute atomic E-state index is 0.00973. The van der Waals surface area contributed by atoms with E-state index < -0.39 is 5.76 Å². The zero-order valence-corrected chi connectivity index (χ0v) is 16.9. The van der Waals surface area contributed by atoms with Crippen LogP contribution in [0.3, 0.4) is 0 Å². The van der Waals surface area contributed by atoms with Gasteiger partial charge in [-0.05, 0) is 31.9 Å². The Morgan fingerprint density at radius 3 is 2.81 bits per heavy atom. The van der Waals surface area contributed by atoms with Crippen molar-refractivity contribution in [3.63, 3.8) is 0 Å². The zero-order valence-electron chi connectivity index (χ0n) is 16.9. The number of hydrogen-bond acceptors (Lipinski definition) is 7. The van der Waals surface area contributed by atoms with E-state index in [1.54, 1.807) is 34.7 Å². The first-order valence-corrected chi connectivity index (χ1v) is 10.2. The van der Waals surface area contributed by atoms with Crippen molar-refractivity contribution in [2.75, 3.05) is 13.1 Å². The summed E-state index contributed by atoms with van der Waals surface area (Å²) in [6, 6.07) is 7.19. The molecule has 0 spiro atoms. The third-order valence-electron chi connectivity index (χ3n) is 5.74. The summed E-state index contributed by atoms with van der Waals surface area (Å²) in [4.78, 5) is 45.6.